The molecule has 0 aliphatic rings. The molecule has 0 saturated heterocycles. The van der Waals surface area contributed by atoms with Crippen LogP contribution in [0.2, 0.25) is 0 Å². The molecule has 1 aromatic heterocycles. The van der Waals surface area contributed by atoms with Gasteiger partial charge in [-0.2, -0.15) is 5.10 Å². The third-order valence-corrected chi connectivity index (χ3v) is 3.05. The van der Waals surface area contributed by atoms with Gasteiger partial charge in [0.05, 0.1) is 5.69 Å². The first-order valence-electron chi connectivity index (χ1n) is 6.14. The Balaban J connectivity index is 2.04. The van der Waals surface area contributed by atoms with Gasteiger partial charge < -0.3 is 5.32 Å². The highest BCUT2D eigenvalue weighted by Gasteiger charge is 2.11. The van der Waals surface area contributed by atoms with Crippen LogP contribution in [0.15, 0.2) is 24.4 Å². The van der Waals surface area contributed by atoms with Crippen LogP contribution in [0.4, 0.5) is 8.78 Å². The molecule has 19 heavy (non-hydrogen) atoms. The van der Waals surface area contributed by atoms with E-state index in [0.717, 1.165) is 17.3 Å². The van der Waals surface area contributed by atoms with Crippen molar-refractivity contribution in [1.82, 2.24) is 15.1 Å². The van der Waals surface area contributed by atoms with Gasteiger partial charge in [0.15, 0.2) is 0 Å². The summed E-state index contributed by atoms with van der Waals surface area (Å²) in [7, 11) is 1.87. The molecule has 5 heteroatoms. The lowest BCUT2D eigenvalue weighted by Gasteiger charge is -2.13. The smallest absolute Gasteiger partial charge is 0.126 e. The second kappa shape index (κ2) is 5.48. The highest BCUT2D eigenvalue weighted by molar-refractivity contribution is 5.21. The highest BCUT2D eigenvalue weighted by atomic mass is 19.1. The SMILES string of the molecule is Cc1nn(C)cc1C(C)NCc1cc(F)cc(F)c1. The first-order valence-corrected chi connectivity index (χ1v) is 6.14. The van der Waals surface area contributed by atoms with Crippen molar-refractivity contribution in [2.24, 2.45) is 7.05 Å². The van der Waals surface area contributed by atoms with E-state index >= 15 is 0 Å². The quantitative estimate of drug-likeness (QED) is 0.921. The number of hydrogen-bond donors (Lipinski definition) is 1. The number of aryl methyl sites for hydroxylation is 2. The molecule has 0 amide bonds. The monoisotopic (exact) mass is 265 g/mol. The number of nitrogens with zero attached hydrogens (tertiary/aromatic N) is 2. The summed E-state index contributed by atoms with van der Waals surface area (Å²) >= 11 is 0. The molecule has 0 fully saturated rings. The Morgan fingerprint density at radius 3 is 2.42 bits per heavy atom. The zero-order valence-corrected chi connectivity index (χ0v) is 11.2. The molecule has 3 nitrogen and oxygen atoms in total. The molecule has 2 rings (SSSR count). The van der Waals surface area contributed by atoms with Gasteiger partial charge in [0.25, 0.3) is 0 Å². The summed E-state index contributed by atoms with van der Waals surface area (Å²) in [5.74, 6) is -1.11. The van der Waals surface area contributed by atoms with Gasteiger partial charge in [0.1, 0.15) is 11.6 Å². The van der Waals surface area contributed by atoms with Crippen LogP contribution in [0.25, 0.3) is 0 Å². The molecule has 1 heterocycles. The normalized spacial score (nSPS) is 12.7. The van der Waals surface area contributed by atoms with Gasteiger partial charge in [0, 0.05) is 37.5 Å². The van der Waals surface area contributed by atoms with E-state index in [0.29, 0.717) is 12.1 Å². The molecule has 1 N–H and O–H groups in total. The molecule has 0 aliphatic heterocycles. The van der Waals surface area contributed by atoms with Crippen LogP contribution in [-0.4, -0.2) is 9.78 Å². The number of rotatable bonds is 4. The van der Waals surface area contributed by atoms with Gasteiger partial charge in [-0.1, -0.05) is 0 Å². The molecular formula is C14H17F2N3. The van der Waals surface area contributed by atoms with Crippen molar-refractivity contribution >= 4 is 0 Å². The Morgan fingerprint density at radius 1 is 1.26 bits per heavy atom. The molecule has 1 unspecified atom stereocenters. The van der Waals surface area contributed by atoms with Crippen molar-refractivity contribution in [1.29, 1.82) is 0 Å². The van der Waals surface area contributed by atoms with Crippen LogP contribution in [-0.2, 0) is 13.6 Å². The summed E-state index contributed by atoms with van der Waals surface area (Å²) in [5, 5.41) is 7.51. The lowest BCUT2D eigenvalue weighted by molar-refractivity contribution is 0.553. The van der Waals surface area contributed by atoms with Crippen molar-refractivity contribution < 1.29 is 8.78 Å². The molecule has 0 aliphatic carbocycles. The van der Waals surface area contributed by atoms with Gasteiger partial charge in [-0.05, 0) is 31.5 Å². The summed E-state index contributed by atoms with van der Waals surface area (Å²) in [6.07, 6.45) is 1.94. The predicted molar refractivity (Wildman–Crippen MR) is 69.6 cm³/mol. The number of hydrogen-bond acceptors (Lipinski definition) is 2. The first kappa shape index (κ1) is 13.7. The maximum absolute atomic E-state index is 13.1. The van der Waals surface area contributed by atoms with Crippen LogP contribution < -0.4 is 5.32 Å². The maximum Gasteiger partial charge on any atom is 0.126 e. The van der Waals surface area contributed by atoms with E-state index in [-0.39, 0.29) is 6.04 Å². The fraction of sp³-hybridized carbons (Fsp3) is 0.357. The molecular weight excluding hydrogens is 248 g/mol. The predicted octanol–water partition coefficient (Wildman–Crippen LogP) is 2.86. The molecule has 1 aromatic carbocycles. The second-order valence-electron chi connectivity index (χ2n) is 4.72. The molecule has 1 atom stereocenters. The summed E-state index contributed by atoms with van der Waals surface area (Å²) in [4.78, 5) is 0. The topological polar surface area (TPSA) is 29.9 Å². The third kappa shape index (κ3) is 3.38. The van der Waals surface area contributed by atoms with Gasteiger partial charge >= 0.3 is 0 Å². The Morgan fingerprint density at radius 2 is 1.89 bits per heavy atom. The number of aromatic nitrogens is 2. The lowest BCUT2D eigenvalue weighted by atomic mass is 10.1. The van der Waals surface area contributed by atoms with Gasteiger partial charge in [-0.25, -0.2) is 8.78 Å². The Hall–Kier alpha value is -1.75. The average Bonchev–Trinajstić information content (AvgIpc) is 2.64. The largest absolute Gasteiger partial charge is 0.306 e. The van der Waals surface area contributed by atoms with Crippen molar-refractivity contribution in [2.45, 2.75) is 26.4 Å². The summed E-state index contributed by atoms with van der Waals surface area (Å²) in [6.45, 7) is 4.35. The number of benzene rings is 1. The molecule has 102 valence electrons. The summed E-state index contributed by atoms with van der Waals surface area (Å²) < 4.78 is 27.9. The van der Waals surface area contributed by atoms with Gasteiger partial charge in [-0.15, -0.1) is 0 Å². The minimum atomic E-state index is -0.554. The Labute approximate surface area is 111 Å². The van der Waals surface area contributed by atoms with Crippen LogP contribution >= 0.6 is 0 Å². The minimum absolute atomic E-state index is 0.0695. The number of nitrogens with one attached hydrogen (secondary N) is 1. The fourth-order valence-corrected chi connectivity index (χ4v) is 2.14. The first-order chi connectivity index (χ1) is 8.95. The molecule has 0 saturated carbocycles. The molecule has 2 aromatic rings. The zero-order chi connectivity index (χ0) is 14.0. The molecule has 0 bridgehead atoms. The zero-order valence-electron chi connectivity index (χ0n) is 11.2. The van der Waals surface area contributed by atoms with E-state index in [2.05, 4.69) is 10.4 Å². The van der Waals surface area contributed by atoms with Gasteiger partial charge in [0.2, 0.25) is 0 Å². The summed E-state index contributed by atoms with van der Waals surface area (Å²) in [5.41, 5.74) is 2.62. The molecule has 0 radical (unpaired) electrons. The second-order valence-corrected chi connectivity index (χ2v) is 4.72. The third-order valence-electron chi connectivity index (χ3n) is 3.05. The van der Waals surface area contributed by atoms with Crippen LogP contribution in [0.3, 0.4) is 0 Å². The molecule has 0 spiro atoms. The maximum atomic E-state index is 13.1. The van der Waals surface area contributed by atoms with E-state index in [1.165, 1.54) is 12.1 Å². The number of halogens is 2. The average molecular weight is 265 g/mol. The van der Waals surface area contributed by atoms with E-state index < -0.39 is 11.6 Å². The fourth-order valence-electron chi connectivity index (χ4n) is 2.14. The van der Waals surface area contributed by atoms with E-state index in [9.17, 15) is 8.78 Å². The van der Waals surface area contributed by atoms with Crippen LogP contribution in [0.5, 0.6) is 0 Å². The summed E-state index contributed by atoms with van der Waals surface area (Å²) in [6, 6.07) is 3.61. The van der Waals surface area contributed by atoms with Crippen molar-refractivity contribution in [2.75, 3.05) is 0 Å². The van der Waals surface area contributed by atoms with Gasteiger partial charge in [-0.3, -0.25) is 4.68 Å². The van der Waals surface area contributed by atoms with Crippen LogP contribution in [0, 0.1) is 18.6 Å². The lowest BCUT2D eigenvalue weighted by Crippen LogP contribution is -2.18. The highest BCUT2D eigenvalue weighted by Crippen LogP contribution is 2.16. The van der Waals surface area contributed by atoms with Crippen molar-refractivity contribution in [3.05, 3.63) is 52.9 Å². The minimum Gasteiger partial charge on any atom is -0.306 e. The van der Waals surface area contributed by atoms with E-state index in [4.69, 9.17) is 0 Å². The Kier molecular flexibility index (Phi) is 3.95. The van der Waals surface area contributed by atoms with Crippen molar-refractivity contribution in [3.8, 4) is 0 Å². The van der Waals surface area contributed by atoms with E-state index in [1.807, 2.05) is 27.1 Å². The van der Waals surface area contributed by atoms with Crippen LogP contribution in [0.1, 0.15) is 29.8 Å². The standard InChI is InChI=1S/C14H17F2N3/c1-9(14-8-19(3)18-10(14)2)17-7-11-4-12(15)6-13(16)5-11/h4-6,8-9,17H,7H2,1-3H3. The Bertz CT molecular complexity index is 558. The van der Waals surface area contributed by atoms with E-state index in [1.54, 1.807) is 4.68 Å². The van der Waals surface area contributed by atoms with Crippen molar-refractivity contribution in [3.63, 3.8) is 0 Å².